The Labute approximate surface area is 110 Å². The van der Waals surface area contributed by atoms with Gasteiger partial charge < -0.3 is 10.4 Å². The number of nitrogens with zero attached hydrogens (tertiary/aromatic N) is 2. The normalized spacial score (nSPS) is 26.8. The van der Waals surface area contributed by atoms with E-state index in [2.05, 4.69) is 44.9 Å². The maximum atomic E-state index is 9.00. The van der Waals surface area contributed by atoms with Gasteiger partial charge in [-0.05, 0) is 42.4 Å². The van der Waals surface area contributed by atoms with E-state index in [1.807, 2.05) is 0 Å². The summed E-state index contributed by atoms with van der Waals surface area (Å²) in [6.45, 7) is 11.3. The van der Waals surface area contributed by atoms with E-state index in [1.54, 1.807) is 0 Å². The Bertz CT molecular complexity index is 351. The highest BCUT2D eigenvalue weighted by atomic mass is 16.4. The molecule has 0 heterocycles. The van der Waals surface area contributed by atoms with Gasteiger partial charge in [-0.3, -0.25) is 0 Å². The number of hydrogen-bond acceptors (Lipinski definition) is 4. The second-order valence-electron chi connectivity index (χ2n) is 7.26. The molecule has 1 rings (SSSR count). The summed E-state index contributed by atoms with van der Waals surface area (Å²) in [5, 5.41) is 24.4. The highest BCUT2D eigenvalue weighted by molar-refractivity contribution is 6.42. The van der Waals surface area contributed by atoms with E-state index in [-0.39, 0.29) is 10.8 Å². The molecule has 0 amide bonds. The van der Waals surface area contributed by atoms with E-state index in [0.717, 1.165) is 12.8 Å². The first kappa shape index (κ1) is 15.0. The summed E-state index contributed by atoms with van der Waals surface area (Å²) in [7, 11) is 0. The quantitative estimate of drug-likeness (QED) is 0.579. The summed E-state index contributed by atoms with van der Waals surface area (Å²) >= 11 is 0. The average Bonchev–Trinajstić information content (AvgIpc) is 2.24. The Hall–Kier alpha value is -1.06. The maximum Gasteiger partial charge on any atom is 0.105 e. The molecule has 0 saturated heterocycles. The average molecular weight is 254 g/mol. The molecule has 0 aliphatic heterocycles. The first-order valence-electron chi connectivity index (χ1n) is 6.62. The van der Waals surface area contributed by atoms with Gasteiger partial charge in [0.25, 0.3) is 0 Å². The van der Waals surface area contributed by atoms with Crippen molar-refractivity contribution < 1.29 is 10.4 Å². The van der Waals surface area contributed by atoms with E-state index in [0.29, 0.717) is 30.2 Å². The lowest BCUT2D eigenvalue weighted by molar-refractivity contribution is 0.125. The van der Waals surface area contributed by atoms with Crippen molar-refractivity contribution in [3.63, 3.8) is 0 Å². The van der Waals surface area contributed by atoms with Crippen molar-refractivity contribution in [3.05, 3.63) is 0 Å². The molecular weight excluding hydrogens is 228 g/mol. The number of hydrogen-bond donors (Lipinski definition) is 2. The molecule has 4 nitrogen and oxygen atoms in total. The summed E-state index contributed by atoms with van der Waals surface area (Å²) in [5.74, 6) is 0.466. The third kappa shape index (κ3) is 3.72. The van der Waals surface area contributed by atoms with Gasteiger partial charge in [-0.2, -0.15) is 0 Å². The van der Waals surface area contributed by atoms with Crippen LogP contribution in [0.4, 0.5) is 0 Å². The van der Waals surface area contributed by atoms with Crippen molar-refractivity contribution in [3.8, 4) is 0 Å². The Morgan fingerprint density at radius 1 is 1.06 bits per heavy atom. The minimum atomic E-state index is 0.190. The summed E-state index contributed by atoms with van der Waals surface area (Å²) in [5.41, 5.74) is 1.54. The largest absolute Gasteiger partial charge is 0.411 e. The van der Waals surface area contributed by atoms with Crippen LogP contribution in [0.25, 0.3) is 0 Å². The van der Waals surface area contributed by atoms with Gasteiger partial charge in [0.05, 0.1) is 0 Å². The first-order chi connectivity index (χ1) is 8.19. The molecule has 1 aliphatic carbocycles. The molecule has 1 unspecified atom stereocenters. The van der Waals surface area contributed by atoms with Crippen LogP contribution in [0.1, 0.15) is 60.3 Å². The van der Waals surface area contributed by atoms with Gasteiger partial charge in [0.2, 0.25) is 0 Å². The van der Waals surface area contributed by atoms with Crippen molar-refractivity contribution in [1.29, 1.82) is 0 Å². The highest BCUT2D eigenvalue weighted by Gasteiger charge is 2.37. The smallest absolute Gasteiger partial charge is 0.105 e. The zero-order chi connectivity index (χ0) is 14.0. The molecule has 1 fully saturated rings. The van der Waals surface area contributed by atoms with Crippen LogP contribution in [0.5, 0.6) is 0 Å². The summed E-state index contributed by atoms with van der Waals surface area (Å²) in [6.07, 6.45) is 3.49. The van der Waals surface area contributed by atoms with Gasteiger partial charge in [-0.25, -0.2) is 0 Å². The third-order valence-electron chi connectivity index (χ3n) is 3.84. The summed E-state index contributed by atoms with van der Waals surface area (Å²) in [6, 6.07) is 0. The molecule has 0 radical (unpaired) electrons. The molecular formula is C14H26N2O2. The molecule has 4 heteroatoms. The minimum absolute atomic E-state index is 0.190. The van der Waals surface area contributed by atoms with Crippen molar-refractivity contribution in [1.82, 2.24) is 0 Å². The van der Waals surface area contributed by atoms with Crippen LogP contribution in [0.3, 0.4) is 0 Å². The zero-order valence-corrected chi connectivity index (χ0v) is 12.2. The molecule has 1 aliphatic rings. The Kier molecular flexibility index (Phi) is 4.41. The molecule has 18 heavy (non-hydrogen) atoms. The fraction of sp³-hybridized carbons (Fsp3) is 0.857. The second kappa shape index (κ2) is 5.29. The zero-order valence-electron chi connectivity index (χ0n) is 12.2. The highest BCUT2D eigenvalue weighted by Crippen LogP contribution is 2.44. The molecule has 0 aromatic rings. The summed E-state index contributed by atoms with van der Waals surface area (Å²) < 4.78 is 0. The fourth-order valence-corrected chi connectivity index (χ4v) is 3.29. The van der Waals surface area contributed by atoms with Gasteiger partial charge in [0, 0.05) is 0 Å². The molecule has 0 aromatic heterocycles. The summed E-state index contributed by atoms with van der Waals surface area (Å²) in [4.78, 5) is 0. The van der Waals surface area contributed by atoms with E-state index in [9.17, 15) is 0 Å². The first-order valence-corrected chi connectivity index (χ1v) is 6.62. The van der Waals surface area contributed by atoms with Crippen LogP contribution >= 0.6 is 0 Å². The van der Waals surface area contributed by atoms with Crippen molar-refractivity contribution in [2.45, 2.75) is 60.3 Å². The number of rotatable bonds is 2. The Morgan fingerprint density at radius 3 is 2.06 bits per heavy atom. The predicted molar refractivity (Wildman–Crippen MR) is 73.6 cm³/mol. The fourth-order valence-electron chi connectivity index (χ4n) is 3.29. The van der Waals surface area contributed by atoms with Crippen LogP contribution in [-0.4, -0.2) is 21.8 Å². The van der Waals surface area contributed by atoms with Gasteiger partial charge >= 0.3 is 0 Å². The molecule has 0 bridgehead atoms. The second-order valence-corrected chi connectivity index (χ2v) is 7.26. The van der Waals surface area contributed by atoms with Crippen molar-refractivity contribution in [2.75, 3.05) is 0 Å². The standard InChI is InChI=1S/C14H26N2O2/c1-13(2,3)9-14(4,5)10-6-7-11(15-17)12(8-10)16-18/h10,17-18H,6-9H2,1-5H3. The number of oxime groups is 2. The monoisotopic (exact) mass is 254 g/mol. The molecule has 104 valence electrons. The predicted octanol–water partition coefficient (Wildman–Crippen LogP) is 3.91. The van der Waals surface area contributed by atoms with E-state index >= 15 is 0 Å². The lowest BCUT2D eigenvalue weighted by Crippen LogP contribution is -2.36. The molecule has 0 spiro atoms. The van der Waals surface area contributed by atoms with Gasteiger partial charge in [0.15, 0.2) is 0 Å². The van der Waals surface area contributed by atoms with Gasteiger partial charge in [0.1, 0.15) is 11.4 Å². The Balaban J connectivity index is 2.81. The minimum Gasteiger partial charge on any atom is -0.411 e. The van der Waals surface area contributed by atoms with Crippen molar-refractivity contribution >= 4 is 11.4 Å². The van der Waals surface area contributed by atoms with Gasteiger partial charge in [-0.1, -0.05) is 44.9 Å². The third-order valence-corrected chi connectivity index (χ3v) is 3.84. The molecule has 1 atom stereocenters. The van der Waals surface area contributed by atoms with E-state index in [4.69, 9.17) is 10.4 Å². The van der Waals surface area contributed by atoms with Crippen molar-refractivity contribution in [2.24, 2.45) is 27.1 Å². The van der Waals surface area contributed by atoms with Gasteiger partial charge in [-0.15, -0.1) is 0 Å². The lowest BCUT2D eigenvalue weighted by Gasteiger charge is -2.41. The molecule has 2 N–H and O–H groups in total. The SMILES string of the molecule is CC(C)(C)CC(C)(C)C1CCC(=NO)C(=NO)C1. The van der Waals surface area contributed by atoms with E-state index in [1.165, 1.54) is 0 Å². The molecule has 0 aromatic carbocycles. The van der Waals surface area contributed by atoms with E-state index < -0.39 is 0 Å². The van der Waals surface area contributed by atoms with Crippen LogP contribution in [0.2, 0.25) is 0 Å². The molecule has 1 saturated carbocycles. The Morgan fingerprint density at radius 2 is 1.61 bits per heavy atom. The lowest BCUT2D eigenvalue weighted by atomic mass is 9.64. The van der Waals surface area contributed by atoms with Crippen LogP contribution in [-0.2, 0) is 0 Å². The van der Waals surface area contributed by atoms with Crippen LogP contribution in [0.15, 0.2) is 10.3 Å². The van der Waals surface area contributed by atoms with Crippen LogP contribution < -0.4 is 0 Å². The topological polar surface area (TPSA) is 65.2 Å². The van der Waals surface area contributed by atoms with Crippen LogP contribution in [0, 0.1) is 16.7 Å². The maximum absolute atomic E-state index is 9.00.